The Morgan fingerprint density at radius 2 is 1.44 bits per heavy atom. The lowest BCUT2D eigenvalue weighted by atomic mass is 9.46. The fourth-order valence-corrected chi connectivity index (χ4v) is 6.45. The Hall–Kier alpha value is -3.74. The molecule has 0 unspecified atom stereocenters. The molecule has 2 bridgehead atoms. The molecular weight excluding hydrogens is 443 g/mol. The summed E-state index contributed by atoms with van der Waals surface area (Å²) in [5, 5.41) is 0. The molecule has 2 amide bonds. The average Bonchev–Trinajstić information content (AvgIpc) is 3.09. The van der Waals surface area contributed by atoms with E-state index in [1.54, 1.807) is 12.1 Å². The highest BCUT2D eigenvalue weighted by atomic mass is 19.4. The van der Waals surface area contributed by atoms with E-state index in [1.807, 2.05) is 36.4 Å². The topological polar surface area (TPSA) is 54.5 Å². The number of hydrogen-bond donors (Lipinski definition) is 0. The van der Waals surface area contributed by atoms with Crippen molar-refractivity contribution >= 4 is 23.3 Å². The summed E-state index contributed by atoms with van der Waals surface area (Å²) in [6.45, 7) is 1.42. The number of imide groups is 1. The van der Waals surface area contributed by atoms with Crippen LogP contribution in [0.3, 0.4) is 0 Å². The SMILES string of the molecule is CC(=O)C12c3ccccc3C(c3ccccc31)[C@@H]1C(=O)N(c3cccc(C(F)(F)F)c3)C(=O)[C@H]12. The predicted octanol–water partition coefficient (Wildman–Crippen LogP) is 4.85. The molecule has 3 aliphatic carbocycles. The van der Waals surface area contributed by atoms with E-state index in [4.69, 9.17) is 0 Å². The maximum Gasteiger partial charge on any atom is 0.416 e. The first kappa shape index (κ1) is 20.8. The summed E-state index contributed by atoms with van der Waals surface area (Å²) in [6.07, 6.45) is -4.62. The van der Waals surface area contributed by atoms with Crippen molar-refractivity contribution in [3.63, 3.8) is 0 Å². The number of carbonyl (C=O) groups excluding carboxylic acids is 3. The summed E-state index contributed by atoms with van der Waals surface area (Å²) in [5.41, 5.74) is 0.547. The van der Waals surface area contributed by atoms with Gasteiger partial charge in [-0.15, -0.1) is 0 Å². The minimum atomic E-state index is -4.62. The van der Waals surface area contributed by atoms with Gasteiger partial charge in [0.2, 0.25) is 11.8 Å². The molecule has 0 saturated carbocycles. The van der Waals surface area contributed by atoms with Crippen molar-refractivity contribution in [2.75, 3.05) is 4.90 Å². The van der Waals surface area contributed by atoms with E-state index < -0.39 is 46.7 Å². The number of carbonyl (C=O) groups is 3. The van der Waals surface area contributed by atoms with Gasteiger partial charge in [0.1, 0.15) is 5.78 Å². The maximum absolute atomic E-state index is 13.9. The van der Waals surface area contributed by atoms with Crippen molar-refractivity contribution in [1.82, 2.24) is 0 Å². The van der Waals surface area contributed by atoms with Crippen LogP contribution in [0.25, 0.3) is 0 Å². The first-order valence-electron chi connectivity index (χ1n) is 10.9. The normalized spacial score (nSPS) is 26.8. The zero-order valence-corrected chi connectivity index (χ0v) is 18.0. The number of halogens is 3. The van der Waals surface area contributed by atoms with Gasteiger partial charge < -0.3 is 0 Å². The molecule has 4 nitrogen and oxygen atoms in total. The van der Waals surface area contributed by atoms with E-state index in [-0.39, 0.29) is 11.5 Å². The first-order chi connectivity index (χ1) is 16.2. The van der Waals surface area contributed by atoms with Gasteiger partial charge >= 0.3 is 6.18 Å². The van der Waals surface area contributed by atoms with Gasteiger partial charge in [0.05, 0.1) is 28.5 Å². The molecule has 1 saturated heterocycles. The molecule has 7 rings (SSSR count). The second-order valence-electron chi connectivity index (χ2n) is 9.08. The summed E-state index contributed by atoms with van der Waals surface area (Å²) >= 11 is 0. The molecule has 3 aromatic carbocycles. The molecule has 3 aromatic rings. The number of anilines is 1. The molecule has 170 valence electrons. The molecule has 1 heterocycles. The number of rotatable bonds is 2. The fraction of sp³-hybridized carbons (Fsp3) is 0.222. The highest BCUT2D eigenvalue weighted by Crippen LogP contribution is 2.64. The third-order valence-electron chi connectivity index (χ3n) is 7.61. The van der Waals surface area contributed by atoms with Crippen molar-refractivity contribution in [2.24, 2.45) is 11.8 Å². The molecule has 1 aliphatic heterocycles. The van der Waals surface area contributed by atoms with Crippen molar-refractivity contribution in [2.45, 2.75) is 24.4 Å². The third kappa shape index (κ3) is 2.36. The van der Waals surface area contributed by atoms with E-state index in [0.717, 1.165) is 28.2 Å². The van der Waals surface area contributed by atoms with Crippen LogP contribution < -0.4 is 4.90 Å². The van der Waals surface area contributed by atoms with Crippen molar-refractivity contribution in [1.29, 1.82) is 0 Å². The summed E-state index contributed by atoms with van der Waals surface area (Å²) in [6, 6.07) is 18.9. The van der Waals surface area contributed by atoms with E-state index in [1.165, 1.54) is 19.1 Å². The fourth-order valence-electron chi connectivity index (χ4n) is 6.45. The summed E-state index contributed by atoms with van der Waals surface area (Å²) in [7, 11) is 0. The zero-order chi connectivity index (χ0) is 24.0. The van der Waals surface area contributed by atoms with Crippen LogP contribution in [-0.4, -0.2) is 17.6 Å². The zero-order valence-electron chi connectivity index (χ0n) is 18.0. The van der Waals surface area contributed by atoms with Gasteiger partial charge in [-0.05, 0) is 47.4 Å². The summed E-state index contributed by atoms with van der Waals surface area (Å²) < 4.78 is 40.1. The number of hydrogen-bond acceptors (Lipinski definition) is 3. The second-order valence-corrected chi connectivity index (χ2v) is 9.08. The quantitative estimate of drug-likeness (QED) is 0.513. The van der Waals surface area contributed by atoms with Gasteiger partial charge in [-0.2, -0.15) is 13.2 Å². The molecule has 1 fully saturated rings. The lowest BCUT2D eigenvalue weighted by molar-refractivity contribution is -0.137. The number of benzene rings is 3. The number of amides is 2. The van der Waals surface area contributed by atoms with Crippen LogP contribution in [-0.2, 0) is 26.0 Å². The Morgan fingerprint density at radius 3 is 2.00 bits per heavy atom. The minimum absolute atomic E-state index is 0.134. The van der Waals surface area contributed by atoms with Crippen molar-refractivity contribution in [3.8, 4) is 0 Å². The highest BCUT2D eigenvalue weighted by molar-refractivity contribution is 6.25. The van der Waals surface area contributed by atoms with Crippen LogP contribution in [0.5, 0.6) is 0 Å². The number of ketones is 1. The maximum atomic E-state index is 13.9. The molecular formula is C27H18F3NO3. The lowest BCUT2D eigenvalue weighted by Gasteiger charge is -2.52. The highest BCUT2D eigenvalue weighted by Gasteiger charge is 2.70. The molecule has 0 N–H and O–H groups in total. The van der Waals surface area contributed by atoms with Crippen molar-refractivity contribution < 1.29 is 27.6 Å². The Balaban J connectivity index is 1.62. The first-order valence-corrected chi connectivity index (χ1v) is 10.9. The van der Waals surface area contributed by atoms with Gasteiger partial charge in [0.25, 0.3) is 0 Å². The lowest BCUT2D eigenvalue weighted by Crippen LogP contribution is -2.57. The van der Waals surface area contributed by atoms with Gasteiger partial charge in [-0.1, -0.05) is 54.6 Å². The van der Waals surface area contributed by atoms with Crippen LogP contribution in [0.1, 0.15) is 40.7 Å². The van der Waals surface area contributed by atoms with Gasteiger partial charge in [0, 0.05) is 5.92 Å². The molecule has 7 heteroatoms. The van der Waals surface area contributed by atoms with Gasteiger partial charge in [-0.25, -0.2) is 4.90 Å². The molecule has 0 radical (unpaired) electrons. The van der Waals surface area contributed by atoms with Crippen molar-refractivity contribution in [3.05, 3.63) is 101 Å². The second kappa shape index (κ2) is 6.65. The molecule has 34 heavy (non-hydrogen) atoms. The Labute approximate surface area is 193 Å². The van der Waals surface area contributed by atoms with E-state index in [2.05, 4.69) is 0 Å². The van der Waals surface area contributed by atoms with Gasteiger partial charge in [-0.3, -0.25) is 14.4 Å². The smallest absolute Gasteiger partial charge is 0.299 e. The molecule has 0 aromatic heterocycles. The van der Waals surface area contributed by atoms with Crippen LogP contribution in [0.2, 0.25) is 0 Å². The van der Waals surface area contributed by atoms with E-state index >= 15 is 0 Å². The average molecular weight is 461 g/mol. The number of nitrogens with zero attached hydrogens (tertiary/aromatic N) is 1. The summed E-state index contributed by atoms with van der Waals surface area (Å²) in [5.74, 6) is -3.86. The largest absolute Gasteiger partial charge is 0.416 e. The number of alkyl halides is 3. The third-order valence-corrected chi connectivity index (χ3v) is 7.61. The van der Waals surface area contributed by atoms with Gasteiger partial charge in [0.15, 0.2) is 0 Å². The molecule has 2 atom stereocenters. The van der Waals surface area contributed by atoms with E-state index in [9.17, 15) is 27.6 Å². The van der Waals surface area contributed by atoms with Crippen LogP contribution in [0.15, 0.2) is 72.8 Å². The van der Waals surface area contributed by atoms with E-state index in [0.29, 0.717) is 11.1 Å². The monoisotopic (exact) mass is 461 g/mol. The van der Waals surface area contributed by atoms with Crippen LogP contribution in [0, 0.1) is 11.8 Å². The van der Waals surface area contributed by atoms with Crippen LogP contribution >= 0.6 is 0 Å². The number of Topliss-reactive ketones (excluding diaryl/α,β-unsaturated/α-hetero) is 1. The molecule has 0 spiro atoms. The standard InChI is InChI=1S/C27H18F3NO3/c1-14(32)26-19-11-4-2-9-17(19)21(18-10-3-5-12-20(18)26)22-23(26)25(34)31(24(22)33)16-8-6-7-15(13-16)27(28,29)30/h2-13,21-23H,1H3/t21?,22-,23-,26?/m0/s1. The van der Waals surface area contributed by atoms with Crippen LogP contribution in [0.4, 0.5) is 18.9 Å². The Kier molecular flexibility index (Phi) is 4.08. The molecule has 4 aliphatic rings. The Bertz CT molecular complexity index is 1360. The summed E-state index contributed by atoms with van der Waals surface area (Å²) in [4.78, 5) is 42.0. The predicted molar refractivity (Wildman–Crippen MR) is 117 cm³/mol. The Morgan fingerprint density at radius 1 is 0.853 bits per heavy atom. The minimum Gasteiger partial charge on any atom is -0.299 e.